The Labute approximate surface area is 102 Å². The van der Waals surface area contributed by atoms with Crippen molar-refractivity contribution in [1.82, 2.24) is 4.90 Å². The maximum Gasteiger partial charge on any atom is 0.227 e. The summed E-state index contributed by atoms with van der Waals surface area (Å²) in [7, 11) is 0. The maximum absolute atomic E-state index is 12.0. The first kappa shape index (κ1) is 13.2. The molecule has 0 aliphatic heterocycles. The molecule has 0 spiro atoms. The van der Waals surface area contributed by atoms with Gasteiger partial charge in [-0.25, -0.2) is 0 Å². The zero-order chi connectivity index (χ0) is 12.7. The highest BCUT2D eigenvalue weighted by Crippen LogP contribution is 2.03. The SMILES string of the molecule is CCCN(CC(=N)N)C(=O)Cc1ccccc1. The first-order valence-corrected chi connectivity index (χ1v) is 5.78. The van der Waals surface area contributed by atoms with Crippen molar-refractivity contribution in [3.63, 3.8) is 0 Å². The summed E-state index contributed by atoms with van der Waals surface area (Å²) in [5.74, 6) is 0.0492. The van der Waals surface area contributed by atoms with Crippen LogP contribution < -0.4 is 5.73 Å². The van der Waals surface area contributed by atoms with E-state index in [0.717, 1.165) is 12.0 Å². The molecule has 0 aromatic heterocycles. The molecular weight excluding hydrogens is 214 g/mol. The van der Waals surface area contributed by atoms with Crippen LogP contribution in [0, 0.1) is 5.41 Å². The van der Waals surface area contributed by atoms with Crippen LogP contribution in [-0.2, 0) is 11.2 Å². The predicted molar refractivity (Wildman–Crippen MR) is 68.9 cm³/mol. The summed E-state index contributed by atoms with van der Waals surface area (Å²) in [6.07, 6.45) is 1.24. The van der Waals surface area contributed by atoms with Crippen molar-refractivity contribution in [2.45, 2.75) is 19.8 Å². The van der Waals surface area contributed by atoms with Crippen LogP contribution in [0.15, 0.2) is 30.3 Å². The Morgan fingerprint density at radius 3 is 2.53 bits per heavy atom. The number of amidine groups is 1. The number of amides is 1. The topological polar surface area (TPSA) is 70.2 Å². The molecule has 0 aliphatic rings. The second-order valence-corrected chi connectivity index (χ2v) is 4.00. The van der Waals surface area contributed by atoms with E-state index in [4.69, 9.17) is 11.1 Å². The smallest absolute Gasteiger partial charge is 0.227 e. The van der Waals surface area contributed by atoms with Gasteiger partial charge in [0.1, 0.15) is 5.84 Å². The largest absolute Gasteiger partial charge is 0.386 e. The van der Waals surface area contributed by atoms with E-state index >= 15 is 0 Å². The number of benzene rings is 1. The number of carbonyl (C=O) groups excluding carboxylic acids is 1. The monoisotopic (exact) mass is 233 g/mol. The molecule has 4 nitrogen and oxygen atoms in total. The van der Waals surface area contributed by atoms with Crippen molar-refractivity contribution >= 4 is 11.7 Å². The fraction of sp³-hybridized carbons (Fsp3) is 0.385. The summed E-state index contributed by atoms with van der Waals surface area (Å²) in [5.41, 5.74) is 6.33. The van der Waals surface area contributed by atoms with Crippen LogP contribution in [0.5, 0.6) is 0 Å². The van der Waals surface area contributed by atoms with Crippen molar-refractivity contribution < 1.29 is 4.79 Å². The Balaban J connectivity index is 2.62. The van der Waals surface area contributed by atoms with Gasteiger partial charge in [-0.05, 0) is 12.0 Å². The Bertz CT molecular complexity index is 376. The Morgan fingerprint density at radius 1 is 1.35 bits per heavy atom. The van der Waals surface area contributed by atoms with E-state index in [9.17, 15) is 4.79 Å². The van der Waals surface area contributed by atoms with E-state index in [-0.39, 0.29) is 18.3 Å². The molecule has 17 heavy (non-hydrogen) atoms. The number of carbonyl (C=O) groups is 1. The molecule has 4 heteroatoms. The van der Waals surface area contributed by atoms with Crippen molar-refractivity contribution in [2.75, 3.05) is 13.1 Å². The molecule has 0 radical (unpaired) electrons. The molecule has 0 aliphatic carbocycles. The van der Waals surface area contributed by atoms with Crippen LogP contribution in [0.1, 0.15) is 18.9 Å². The van der Waals surface area contributed by atoms with Gasteiger partial charge in [-0.2, -0.15) is 0 Å². The van der Waals surface area contributed by atoms with Gasteiger partial charge < -0.3 is 10.6 Å². The van der Waals surface area contributed by atoms with Gasteiger partial charge in [0.15, 0.2) is 0 Å². The maximum atomic E-state index is 12.0. The standard InChI is InChI=1S/C13H19N3O/c1-2-8-16(10-12(14)15)13(17)9-11-6-4-3-5-7-11/h3-7H,2,8-10H2,1H3,(H3,14,15). The lowest BCUT2D eigenvalue weighted by molar-refractivity contribution is -0.129. The van der Waals surface area contributed by atoms with Gasteiger partial charge >= 0.3 is 0 Å². The molecule has 92 valence electrons. The second kappa shape index (κ2) is 6.68. The van der Waals surface area contributed by atoms with Crippen LogP contribution in [0.4, 0.5) is 0 Å². The third kappa shape index (κ3) is 4.68. The molecule has 0 heterocycles. The summed E-state index contributed by atoms with van der Waals surface area (Å²) in [5, 5.41) is 7.26. The highest BCUT2D eigenvalue weighted by atomic mass is 16.2. The Kier molecular flexibility index (Phi) is 5.20. The van der Waals surface area contributed by atoms with Crippen molar-refractivity contribution in [2.24, 2.45) is 5.73 Å². The zero-order valence-electron chi connectivity index (χ0n) is 10.1. The quantitative estimate of drug-likeness (QED) is 0.576. The number of rotatable bonds is 6. The lowest BCUT2D eigenvalue weighted by Crippen LogP contribution is -2.39. The molecule has 3 N–H and O–H groups in total. The molecule has 1 aromatic rings. The zero-order valence-corrected chi connectivity index (χ0v) is 10.1. The van der Waals surface area contributed by atoms with E-state index in [1.807, 2.05) is 37.3 Å². The average molecular weight is 233 g/mol. The van der Waals surface area contributed by atoms with E-state index in [2.05, 4.69) is 0 Å². The van der Waals surface area contributed by atoms with E-state index < -0.39 is 0 Å². The average Bonchev–Trinajstić information content (AvgIpc) is 2.29. The van der Waals surface area contributed by atoms with Crippen LogP contribution in [0.3, 0.4) is 0 Å². The fourth-order valence-electron chi connectivity index (χ4n) is 1.65. The number of nitrogens with zero attached hydrogens (tertiary/aromatic N) is 1. The van der Waals surface area contributed by atoms with E-state index in [1.54, 1.807) is 4.90 Å². The Hall–Kier alpha value is -1.84. The van der Waals surface area contributed by atoms with Crippen molar-refractivity contribution in [1.29, 1.82) is 5.41 Å². The van der Waals surface area contributed by atoms with Gasteiger partial charge in [0.2, 0.25) is 5.91 Å². The van der Waals surface area contributed by atoms with Gasteiger partial charge in [0.05, 0.1) is 13.0 Å². The predicted octanol–water partition coefficient (Wildman–Crippen LogP) is 1.40. The summed E-state index contributed by atoms with van der Waals surface area (Å²) in [6.45, 7) is 2.87. The van der Waals surface area contributed by atoms with E-state index in [0.29, 0.717) is 13.0 Å². The molecule has 0 saturated carbocycles. The lowest BCUT2D eigenvalue weighted by atomic mass is 10.1. The second-order valence-electron chi connectivity index (χ2n) is 4.00. The van der Waals surface area contributed by atoms with Crippen LogP contribution >= 0.6 is 0 Å². The van der Waals surface area contributed by atoms with Gasteiger partial charge in [-0.3, -0.25) is 10.2 Å². The number of nitrogens with two attached hydrogens (primary N) is 1. The van der Waals surface area contributed by atoms with Crippen molar-refractivity contribution in [3.05, 3.63) is 35.9 Å². The first-order valence-electron chi connectivity index (χ1n) is 5.78. The minimum absolute atomic E-state index is 0.0215. The minimum Gasteiger partial charge on any atom is -0.386 e. The first-order chi connectivity index (χ1) is 8.13. The molecule has 0 saturated heterocycles. The van der Waals surface area contributed by atoms with Crippen LogP contribution in [0.2, 0.25) is 0 Å². The number of hydrogen-bond donors (Lipinski definition) is 2. The van der Waals surface area contributed by atoms with Gasteiger partial charge in [0.25, 0.3) is 0 Å². The van der Waals surface area contributed by atoms with Crippen molar-refractivity contribution in [3.8, 4) is 0 Å². The van der Waals surface area contributed by atoms with Gasteiger partial charge in [-0.15, -0.1) is 0 Å². The summed E-state index contributed by atoms with van der Waals surface area (Å²) >= 11 is 0. The number of hydrogen-bond acceptors (Lipinski definition) is 2. The summed E-state index contributed by atoms with van der Waals surface area (Å²) < 4.78 is 0. The molecule has 0 fully saturated rings. The molecule has 0 bridgehead atoms. The third-order valence-corrected chi connectivity index (χ3v) is 2.41. The van der Waals surface area contributed by atoms with Gasteiger partial charge in [-0.1, -0.05) is 37.3 Å². The third-order valence-electron chi connectivity index (χ3n) is 2.41. The van der Waals surface area contributed by atoms with Gasteiger partial charge in [0, 0.05) is 6.54 Å². The normalized spacial score (nSPS) is 9.94. The highest BCUT2D eigenvalue weighted by Gasteiger charge is 2.13. The Morgan fingerprint density at radius 2 is 2.00 bits per heavy atom. The molecule has 1 rings (SSSR count). The summed E-state index contributed by atoms with van der Waals surface area (Å²) in [4.78, 5) is 13.6. The highest BCUT2D eigenvalue weighted by molar-refractivity contribution is 5.86. The number of nitrogens with one attached hydrogen (secondary N) is 1. The molecule has 1 amide bonds. The molecule has 0 unspecified atom stereocenters. The molecular formula is C13H19N3O. The van der Waals surface area contributed by atoms with Crippen LogP contribution in [-0.4, -0.2) is 29.7 Å². The lowest BCUT2D eigenvalue weighted by Gasteiger charge is -2.21. The van der Waals surface area contributed by atoms with E-state index in [1.165, 1.54) is 0 Å². The summed E-state index contributed by atoms with van der Waals surface area (Å²) in [6, 6.07) is 9.61. The minimum atomic E-state index is 0.0215. The molecule has 0 atom stereocenters. The molecule has 1 aromatic carbocycles. The fourth-order valence-corrected chi connectivity index (χ4v) is 1.65. The van der Waals surface area contributed by atoms with Crippen LogP contribution in [0.25, 0.3) is 0 Å².